The number of ether oxygens (including phenoxy) is 1. The first-order chi connectivity index (χ1) is 14.5. The molecule has 0 aliphatic heterocycles. The van der Waals surface area contributed by atoms with Crippen LogP contribution in [-0.2, 0) is 0 Å². The number of amides is 2. The van der Waals surface area contributed by atoms with Crippen LogP contribution >= 0.6 is 0 Å². The van der Waals surface area contributed by atoms with E-state index in [1.807, 2.05) is 19.1 Å². The average molecular weight is 407 g/mol. The summed E-state index contributed by atoms with van der Waals surface area (Å²) in [7, 11) is 1.54. The average Bonchev–Trinajstić information content (AvgIpc) is 2.77. The highest BCUT2D eigenvalue weighted by molar-refractivity contribution is 5.96. The van der Waals surface area contributed by atoms with Crippen LogP contribution < -0.4 is 32.2 Å². The van der Waals surface area contributed by atoms with E-state index in [0.717, 1.165) is 5.56 Å². The van der Waals surface area contributed by atoms with E-state index in [4.69, 9.17) is 10.5 Å². The Morgan fingerprint density at radius 2 is 1.30 bits per heavy atom. The van der Waals surface area contributed by atoms with Crippen molar-refractivity contribution >= 4 is 29.1 Å². The lowest BCUT2D eigenvalue weighted by Crippen LogP contribution is -2.32. The van der Waals surface area contributed by atoms with Crippen molar-refractivity contribution in [3.05, 3.63) is 71.5 Å². The molecule has 6 N–H and O–H groups in total. The molecule has 0 bridgehead atoms. The molecule has 2 amide bonds. The van der Waals surface area contributed by atoms with Crippen molar-refractivity contribution in [2.75, 3.05) is 23.7 Å². The van der Waals surface area contributed by atoms with E-state index < -0.39 is 5.91 Å². The number of nitrogens with two attached hydrogens (primary N) is 1. The highest BCUT2D eigenvalue weighted by atomic mass is 16.5. The second kappa shape index (κ2) is 9.24. The maximum atomic E-state index is 12.2. The molecule has 0 fully saturated rings. The van der Waals surface area contributed by atoms with Gasteiger partial charge >= 0.3 is 0 Å². The quantitative estimate of drug-likeness (QED) is 0.374. The minimum atomic E-state index is -0.391. The van der Waals surface area contributed by atoms with Gasteiger partial charge in [0.05, 0.1) is 7.11 Å². The highest BCUT2D eigenvalue weighted by Crippen LogP contribution is 2.21. The summed E-state index contributed by atoms with van der Waals surface area (Å²) in [6.45, 7) is 1.93. The first-order valence-electron chi connectivity index (χ1n) is 8.92. The molecule has 1 aromatic heterocycles. The lowest BCUT2D eigenvalue weighted by molar-refractivity contribution is 0.0954. The Morgan fingerprint density at radius 1 is 0.833 bits per heavy atom. The van der Waals surface area contributed by atoms with Crippen molar-refractivity contribution in [3.63, 3.8) is 0 Å². The first-order valence-corrected chi connectivity index (χ1v) is 8.92. The van der Waals surface area contributed by atoms with E-state index in [9.17, 15) is 9.59 Å². The maximum Gasteiger partial charge on any atom is 0.269 e. The summed E-state index contributed by atoms with van der Waals surface area (Å²) in [5.74, 6) is 0.238. The molecule has 0 radical (unpaired) electrons. The Labute approximate surface area is 172 Å². The van der Waals surface area contributed by atoms with Gasteiger partial charge in [-0.2, -0.15) is 0 Å². The van der Waals surface area contributed by atoms with Gasteiger partial charge in [-0.05, 0) is 43.3 Å². The molecular weight excluding hydrogens is 386 g/mol. The summed E-state index contributed by atoms with van der Waals surface area (Å²) in [6, 6.07) is 13.7. The Hall–Kier alpha value is -4.34. The molecule has 154 valence electrons. The molecule has 2 aromatic carbocycles. The van der Waals surface area contributed by atoms with Gasteiger partial charge in [-0.25, -0.2) is 9.97 Å². The number of aryl methyl sites for hydroxylation is 1. The third-order valence-corrected chi connectivity index (χ3v) is 4.14. The number of hydrazine groups is 2. The molecule has 10 heteroatoms. The van der Waals surface area contributed by atoms with Crippen LogP contribution in [0.1, 0.15) is 26.3 Å². The third kappa shape index (κ3) is 4.93. The smallest absolute Gasteiger partial charge is 0.269 e. The van der Waals surface area contributed by atoms with Crippen LogP contribution in [0.3, 0.4) is 0 Å². The molecule has 0 unspecified atom stereocenters. The minimum absolute atomic E-state index is 0.108. The molecule has 10 nitrogen and oxygen atoms in total. The van der Waals surface area contributed by atoms with E-state index in [1.54, 1.807) is 43.5 Å². The molecule has 0 atom stereocenters. The van der Waals surface area contributed by atoms with Gasteiger partial charge < -0.3 is 10.5 Å². The number of nitrogens with one attached hydrogen (secondary N) is 4. The zero-order chi connectivity index (χ0) is 21.5. The van der Waals surface area contributed by atoms with Crippen LogP contribution in [0.5, 0.6) is 5.75 Å². The van der Waals surface area contributed by atoms with Gasteiger partial charge in [0.25, 0.3) is 11.8 Å². The monoisotopic (exact) mass is 407 g/mol. The predicted molar refractivity (Wildman–Crippen MR) is 113 cm³/mol. The van der Waals surface area contributed by atoms with Gasteiger partial charge in [0.1, 0.15) is 17.8 Å². The van der Waals surface area contributed by atoms with Gasteiger partial charge in [-0.1, -0.05) is 17.7 Å². The zero-order valence-electron chi connectivity index (χ0n) is 16.4. The van der Waals surface area contributed by atoms with Crippen molar-refractivity contribution in [1.82, 2.24) is 20.8 Å². The first kappa shape index (κ1) is 20.4. The van der Waals surface area contributed by atoms with E-state index >= 15 is 0 Å². The predicted octanol–water partition coefficient (Wildman–Crippen LogP) is 1.89. The zero-order valence-corrected chi connectivity index (χ0v) is 16.4. The number of nitrogens with zero attached hydrogens (tertiary/aromatic N) is 2. The number of nitrogen functional groups attached to an aromatic ring is 1. The topological polar surface area (TPSA) is 143 Å². The highest BCUT2D eigenvalue weighted by Gasteiger charge is 2.12. The maximum absolute atomic E-state index is 12.2. The number of anilines is 3. The van der Waals surface area contributed by atoms with E-state index in [-0.39, 0.29) is 23.2 Å². The Balaban J connectivity index is 1.60. The van der Waals surface area contributed by atoms with Crippen molar-refractivity contribution in [1.29, 1.82) is 0 Å². The standard InChI is InChI=1S/C20H21N7O3/c1-12-3-5-13(6-4-12)19(28)26-24-17-16(21)18(23-11-22-17)25-27-20(29)14-7-9-15(30-2)10-8-14/h3-11H,21H2,1-2H3,(H,26,28)(H,27,29)(H2,22,23,24,25). The number of carbonyl (C=O) groups is 2. The summed E-state index contributed by atoms with van der Waals surface area (Å²) >= 11 is 0. The van der Waals surface area contributed by atoms with Crippen LogP contribution in [0.2, 0.25) is 0 Å². The van der Waals surface area contributed by atoms with Crippen molar-refractivity contribution in [2.24, 2.45) is 0 Å². The Bertz CT molecular complexity index is 1040. The molecule has 0 saturated heterocycles. The van der Waals surface area contributed by atoms with Crippen LogP contribution in [0.15, 0.2) is 54.9 Å². The van der Waals surface area contributed by atoms with Gasteiger partial charge in [0, 0.05) is 11.1 Å². The third-order valence-electron chi connectivity index (χ3n) is 4.14. The summed E-state index contributed by atoms with van der Waals surface area (Å²) < 4.78 is 5.06. The summed E-state index contributed by atoms with van der Waals surface area (Å²) in [4.78, 5) is 32.4. The number of methoxy groups -OCH3 is 1. The van der Waals surface area contributed by atoms with Crippen LogP contribution in [0.4, 0.5) is 17.3 Å². The Kier molecular flexibility index (Phi) is 6.28. The summed E-state index contributed by atoms with van der Waals surface area (Å²) in [6.07, 6.45) is 1.23. The SMILES string of the molecule is COc1ccc(C(=O)NNc2ncnc(NNC(=O)c3ccc(C)cc3)c2N)cc1. The number of rotatable bonds is 7. The fraction of sp³-hybridized carbons (Fsp3) is 0.100. The van der Waals surface area contributed by atoms with Gasteiger partial charge in [-0.15, -0.1) is 0 Å². The molecule has 3 aromatic rings. The summed E-state index contributed by atoms with van der Waals surface area (Å²) in [5, 5.41) is 0. The van der Waals surface area contributed by atoms with Crippen LogP contribution in [-0.4, -0.2) is 28.9 Å². The van der Waals surface area contributed by atoms with Crippen LogP contribution in [0.25, 0.3) is 0 Å². The molecule has 0 aliphatic rings. The van der Waals surface area contributed by atoms with Crippen molar-refractivity contribution < 1.29 is 14.3 Å². The van der Waals surface area contributed by atoms with Gasteiger partial charge in [0.15, 0.2) is 11.6 Å². The molecule has 0 spiro atoms. The summed E-state index contributed by atoms with van der Waals surface area (Å²) in [5.41, 5.74) is 18.4. The number of aromatic nitrogens is 2. The Morgan fingerprint density at radius 3 is 1.77 bits per heavy atom. The minimum Gasteiger partial charge on any atom is -0.497 e. The molecule has 0 saturated carbocycles. The number of hydrogen-bond donors (Lipinski definition) is 5. The molecule has 0 aliphatic carbocycles. The number of benzene rings is 2. The van der Waals surface area contributed by atoms with Gasteiger partial charge in [0.2, 0.25) is 0 Å². The van der Waals surface area contributed by atoms with Gasteiger partial charge in [-0.3, -0.25) is 31.3 Å². The lowest BCUT2D eigenvalue weighted by atomic mass is 10.1. The van der Waals surface area contributed by atoms with Crippen molar-refractivity contribution in [3.8, 4) is 5.75 Å². The van der Waals surface area contributed by atoms with Crippen molar-refractivity contribution in [2.45, 2.75) is 6.92 Å². The van der Waals surface area contributed by atoms with Crippen LogP contribution in [0, 0.1) is 6.92 Å². The number of carbonyl (C=O) groups excluding carboxylic acids is 2. The fourth-order valence-electron chi connectivity index (χ4n) is 2.42. The molecule has 30 heavy (non-hydrogen) atoms. The molecule has 1 heterocycles. The fourth-order valence-corrected chi connectivity index (χ4v) is 2.42. The molecule has 3 rings (SSSR count). The van der Waals surface area contributed by atoms with E-state index in [1.165, 1.54) is 6.33 Å². The normalized spacial score (nSPS) is 10.1. The van der Waals surface area contributed by atoms with E-state index in [2.05, 4.69) is 31.7 Å². The lowest BCUT2D eigenvalue weighted by Gasteiger charge is -2.14. The largest absolute Gasteiger partial charge is 0.497 e. The molecular formula is C20H21N7O3. The second-order valence-electron chi connectivity index (χ2n) is 6.24. The number of hydrogen-bond acceptors (Lipinski definition) is 8. The van der Waals surface area contributed by atoms with E-state index in [0.29, 0.717) is 16.9 Å². The second-order valence-corrected chi connectivity index (χ2v) is 6.24.